The van der Waals surface area contributed by atoms with Gasteiger partial charge in [0.15, 0.2) is 5.13 Å². The summed E-state index contributed by atoms with van der Waals surface area (Å²) in [5.41, 5.74) is 5.87. The normalized spacial score (nSPS) is 11.8. The lowest BCUT2D eigenvalue weighted by Crippen LogP contribution is -2.30. The summed E-state index contributed by atoms with van der Waals surface area (Å²) < 4.78 is 0. The number of hydrogen-bond acceptors (Lipinski definition) is 6. The highest BCUT2D eigenvalue weighted by atomic mass is 32.2. The Morgan fingerprint density at radius 3 is 2.35 bits per heavy atom. The number of nitrogens with zero attached hydrogens (tertiary/aromatic N) is 1. The number of carbonyl (C=O) groups excluding carboxylic acids is 3. The molecule has 1 atom stereocenters. The molecule has 5 rings (SSSR count). The quantitative estimate of drug-likeness (QED) is 0.0990. The number of thioether (sulfide) groups is 1. The summed E-state index contributed by atoms with van der Waals surface area (Å²) in [6.07, 6.45) is 2.27. The van der Waals surface area contributed by atoms with E-state index in [9.17, 15) is 14.4 Å². The Kier molecular flexibility index (Phi) is 10.8. The monoisotopic (exact) mass is 646 g/mol. The molecule has 1 unspecified atom stereocenters. The van der Waals surface area contributed by atoms with E-state index in [1.807, 2.05) is 98.9 Å². The van der Waals surface area contributed by atoms with Crippen LogP contribution in [-0.4, -0.2) is 28.0 Å². The fourth-order valence-electron chi connectivity index (χ4n) is 4.55. The third kappa shape index (κ3) is 8.59. The van der Waals surface area contributed by atoms with Crippen molar-refractivity contribution in [1.29, 1.82) is 0 Å². The molecule has 4 aromatic carbocycles. The van der Waals surface area contributed by atoms with E-state index in [2.05, 4.69) is 20.9 Å². The summed E-state index contributed by atoms with van der Waals surface area (Å²) in [7, 11) is 0. The van der Waals surface area contributed by atoms with Gasteiger partial charge in [-0.3, -0.25) is 14.4 Å². The Morgan fingerprint density at radius 1 is 0.870 bits per heavy atom. The lowest BCUT2D eigenvalue weighted by Gasteiger charge is -2.15. The second-order valence-electron chi connectivity index (χ2n) is 10.6. The van der Waals surface area contributed by atoms with E-state index in [4.69, 9.17) is 0 Å². The number of aryl methyl sites for hydroxylation is 2. The van der Waals surface area contributed by atoms with Crippen LogP contribution in [0.15, 0.2) is 119 Å². The molecule has 46 heavy (non-hydrogen) atoms. The minimum atomic E-state index is -0.465. The maximum Gasteiger partial charge on any atom is 0.272 e. The molecule has 1 heterocycles. The summed E-state index contributed by atoms with van der Waals surface area (Å²) in [6.45, 7) is 5.94. The second kappa shape index (κ2) is 15.3. The van der Waals surface area contributed by atoms with Gasteiger partial charge in [-0.25, -0.2) is 4.98 Å². The third-order valence-electron chi connectivity index (χ3n) is 7.13. The molecule has 0 aliphatic heterocycles. The van der Waals surface area contributed by atoms with Gasteiger partial charge in [0, 0.05) is 27.1 Å². The molecule has 0 saturated heterocycles. The first-order chi connectivity index (χ1) is 22.3. The third-order valence-corrected chi connectivity index (χ3v) is 9.25. The molecule has 0 radical (unpaired) electrons. The van der Waals surface area contributed by atoms with Gasteiger partial charge in [-0.15, -0.1) is 23.1 Å². The van der Waals surface area contributed by atoms with Crippen molar-refractivity contribution in [1.82, 2.24) is 10.3 Å². The standard InChI is InChI=1S/C37H34N4O3S2/c1-4-33(36(44)41-37-40-32(23-45-37)26-19-17-24(2)18-20-26)46-30-16-10-15-29(22-30)38-35(43)31(21-28-14-9-8-11-25(28)3)39-34(42)27-12-6-5-7-13-27/h5-23,33H,4H2,1-3H3,(H,38,43)(H,39,42)(H,40,41,44)/b31-21-. The summed E-state index contributed by atoms with van der Waals surface area (Å²) in [5, 5.41) is 10.8. The number of carbonyl (C=O) groups is 3. The highest BCUT2D eigenvalue weighted by molar-refractivity contribution is 8.00. The van der Waals surface area contributed by atoms with Crippen LogP contribution in [0.1, 0.15) is 40.4 Å². The number of aromatic nitrogens is 1. The van der Waals surface area contributed by atoms with Crippen molar-refractivity contribution < 1.29 is 14.4 Å². The molecule has 0 bridgehead atoms. The van der Waals surface area contributed by atoms with E-state index >= 15 is 0 Å². The molecular weight excluding hydrogens is 613 g/mol. The molecule has 5 aromatic rings. The highest BCUT2D eigenvalue weighted by Gasteiger charge is 2.21. The summed E-state index contributed by atoms with van der Waals surface area (Å²) in [5.74, 6) is -0.991. The summed E-state index contributed by atoms with van der Waals surface area (Å²) in [6, 6.07) is 31.8. The maximum absolute atomic E-state index is 13.5. The SMILES string of the molecule is CCC(Sc1cccc(NC(=O)/C(=C/c2ccccc2C)NC(=O)c2ccccc2)c1)C(=O)Nc1nc(-c2ccc(C)cc2)cs1. The summed E-state index contributed by atoms with van der Waals surface area (Å²) in [4.78, 5) is 45.2. The molecule has 0 fully saturated rings. The van der Waals surface area contributed by atoms with E-state index in [1.54, 1.807) is 36.4 Å². The Balaban J connectivity index is 1.28. The van der Waals surface area contributed by atoms with Crippen molar-refractivity contribution in [2.45, 2.75) is 37.3 Å². The minimum Gasteiger partial charge on any atom is -0.321 e. The average Bonchev–Trinajstić information content (AvgIpc) is 3.53. The molecule has 0 aliphatic rings. The predicted octanol–water partition coefficient (Wildman–Crippen LogP) is 8.35. The van der Waals surface area contributed by atoms with E-state index in [0.717, 1.165) is 27.3 Å². The van der Waals surface area contributed by atoms with Gasteiger partial charge < -0.3 is 16.0 Å². The van der Waals surface area contributed by atoms with Crippen LogP contribution in [-0.2, 0) is 9.59 Å². The maximum atomic E-state index is 13.5. The Morgan fingerprint density at radius 2 is 1.61 bits per heavy atom. The van der Waals surface area contributed by atoms with Crippen molar-refractivity contribution in [3.63, 3.8) is 0 Å². The van der Waals surface area contributed by atoms with Crippen LogP contribution in [0, 0.1) is 13.8 Å². The lowest BCUT2D eigenvalue weighted by atomic mass is 10.1. The number of benzene rings is 4. The molecule has 0 aliphatic carbocycles. The topological polar surface area (TPSA) is 100 Å². The summed E-state index contributed by atoms with van der Waals surface area (Å²) >= 11 is 2.80. The Labute approximate surface area is 277 Å². The molecule has 232 valence electrons. The van der Waals surface area contributed by atoms with Crippen LogP contribution in [0.25, 0.3) is 17.3 Å². The van der Waals surface area contributed by atoms with Crippen molar-refractivity contribution in [3.8, 4) is 11.3 Å². The molecule has 7 nitrogen and oxygen atoms in total. The van der Waals surface area contributed by atoms with Gasteiger partial charge in [0.25, 0.3) is 11.8 Å². The molecule has 3 N–H and O–H groups in total. The van der Waals surface area contributed by atoms with Gasteiger partial charge in [-0.05, 0) is 67.8 Å². The molecule has 0 saturated carbocycles. The second-order valence-corrected chi connectivity index (χ2v) is 12.8. The molecule has 1 aromatic heterocycles. The fraction of sp³-hybridized carbons (Fsp3) is 0.135. The van der Waals surface area contributed by atoms with E-state index in [-0.39, 0.29) is 22.8 Å². The molecule has 3 amide bonds. The smallest absolute Gasteiger partial charge is 0.272 e. The zero-order valence-electron chi connectivity index (χ0n) is 25.7. The fourth-order valence-corrected chi connectivity index (χ4v) is 6.29. The van der Waals surface area contributed by atoms with Crippen LogP contribution in [0.2, 0.25) is 0 Å². The Hall–Kier alpha value is -4.99. The number of thiazole rings is 1. The van der Waals surface area contributed by atoms with Crippen LogP contribution in [0.5, 0.6) is 0 Å². The van der Waals surface area contributed by atoms with Crippen LogP contribution >= 0.6 is 23.1 Å². The first-order valence-corrected chi connectivity index (χ1v) is 16.6. The van der Waals surface area contributed by atoms with Gasteiger partial charge in [-0.1, -0.05) is 85.3 Å². The number of amides is 3. The first kappa shape index (κ1) is 32.4. The van der Waals surface area contributed by atoms with E-state index < -0.39 is 5.91 Å². The highest BCUT2D eigenvalue weighted by Crippen LogP contribution is 2.30. The lowest BCUT2D eigenvalue weighted by molar-refractivity contribution is -0.116. The van der Waals surface area contributed by atoms with Crippen LogP contribution < -0.4 is 16.0 Å². The van der Waals surface area contributed by atoms with Crippen molar-refractivity contribution in [2.75, 3.05) is 10.6 Å². The van der Waals surface area contributed by atoms with Gasteiger partial charge in [0.2, 0.25) is 5.91 Å². The number of anilines is 2. The van der Waals surface area contributed by atoms with Crippen molar-refractivity contribution >= 4 is 57.7 Å². The average molecular weight is 647 g/mol. The zero-order valence-corrected chi connectivity index (χ0v) is 27.4. The van der Waals surface area contributed by atoms with Crippen LogP contribution in [0.3, 0.4) is 0 Å². The van der Waals surface area contributed by atoms with E-state index in [0.29, 0.717) is 22.8 Å². The number of nitrogens with one attached hydrogen (secondary N) is 3. The first-order valence-electron chi connectivity index (χ1n) is 14.8. The molecular formula is C37H34N4O3S2. The number of rotatable bonds is 11. The predicted molar refractivity (Wildman–Crippen MR) is 189 cm³/mol. The van der Waals surface area contributed by atoms with Gasteiger partial charge in [0.05, 0.1) is 10.9 Å². The molecule has 0 spiro atoms. The largest absolute Gasteiger partial charge is 0.321 e. The molecule has 9 heteroatoms. The van der Waals surface area contributed by atoms with Gasteiger partial charge >= 0.3 is 0 Å². The van der Waals surface area contributed by atoms with E-state index in [1.165, 1.54) is 28.7 Å². The number of hydrogen-bond donors (Lipinski definition) is 3. The Bertz CT molecular complexity index is 1870. The zero-order chi connectivity index (χ0) is 32.5. The minimum absolute atomic E-state index is 0.112. The van der Waals surface area contributed by atoms with Crippen molar-refractivity contribution in [2.24, 2.45) is 0 Å². The van der Waals surface area contributed by atoms with Gasteiger partial charge in [-0.2, -0.15) is 0 Å². The van der Waals surface area contributed by atoms with Gasteiger partial charge in [0.1, 0.15) is 5.70 Å². The van der Waals surface area contributed by atoms with Crippen LogP contribution in [0.4, 0.5) is 10.8 Å². The van der Waals surface area contributed by atoms with Crippen molar-refractivity contribution in [3.05, 3.63) is 136 Å².